The number of fused-ring (bicyclic) bond motifs is 1. The Morgan fingerprint density at radius 2 is 1.94 bits per heavy atom. The van der Waals surface area contributed by atoms with E-state index >= 15 is 0 Å². The van der Waals surface area contributed by atoms with Crippen molar-refractivity contribution in [1.82, 2.24) is 15.1 Å². The van der Waals surface area contributed by atoms with Crippen LogP contribution in [0.3, 0.4) is 0 Å². The van der Waals surface area contributed by atoms with Crippen molar-refractivity contribution in [2.45, 2.75) is 63.5 Å². The van der Waals surface area contributed by atoms with Crippen molar-refractivity contribution in [2.24, 2.45) is 11.3 Å². The molecule has 3 aliphatic carbocycles. The van der Waals surface area contributed by atoms with Gasteiger partial charge in [-0.15, -0.1) is 0 Å². The number of aromatic nitrogens is 2. The molecule has 1 amide bonds. The summed E-state index contributed by atoms with van der Waals surface area (Å²) < 4.78 is 16.5. The predicted octanol–water partition coefficient (Wildman–Crippen LogP) is 5.52. The Bertz CT molecular complexity index is 1330. The van der Waals surface area contributed by atoms with Crippen LogP contribution in [0.25, 0.3) is 10.9 Å². The van der Waals surface area contributed by atoms with Gasteiger partial charge in [0.15, 0.2) is 0 Å². The van der Waals surface area contributed by atoms with Crippen LogP contribution in [-0.2, 0) is 11.3 Å². The molecule has 0 atom stereocenters. The predicted molar refractivity (Wildman–Crippen MR) is 130 cm³/mol. The third-order valence-corrected chi connectivity index (χ3v) is 8.67. The van der Waals surface area contributed by atoms with Gasteiger partial charge in [-0.2, -0.15) is 5.10 Å². The van der Waals surface area contributed by atoms with Crippen molar-refractivity contribution in [1.29, 1.82) is 0 Å². The average Bonchev–Trinajstić information content (AvgIpc) is 3.13. The Morgan fingerprint density at radius 3 is 2.60 bits per heavy atom. The normalized spacial score (nSPS) is 25.7. The van der Waals surface area contributed by atoms with Gasteiger partial charge in [-0.25, -0.2) is 4.39 Å². The van der Waals surface area contributed by atoms with E-state index in [2.05, 4.69) is 10.4 Å². The van der Waals surface area contributed by atoms with Crippen molar-refractivity contribution in [3.8, 4) is 0 Å². The first-order valence-electron chi connectivity index (χ1n) is 12.3. The minimum atomic E-state index is -0.725. The Labute approximate surface area is 207 Å². The summed E-state index contributed by atoms with van der Waals surface area (Å²) in [5.41, 5.74) is 2.75. The van der Waals surface area contributed by atoms with Crippen LogP contribution < -0.4 is 5.32 Å². The first-order valence-corrected chi connectivity index (χ1v) is 12.7. The molecule has 1 heterocycles. The highest BCUT2D eigenvalue weighted by molar-refractivity contribution is 6.36. The van der Waals surface area contributed by atoms with Gasteiger partial charge in [0.1, 0.15) is 5.82 Å². The fraction of sp³-hybridized carbons (Fsp3) is 0.444. The lowest BCUT2D eigenvalue weighted by Gasteiger charge is -2.56. The number of carbonyl (C=O) groups excluding carboxylic acids is 1. The van der Waals surface area contributed by atoms with E-state index in [0.29, 0.717) is 46.8 Å². The molecule has 2 aromatic carbocycles. The highest BCUT2D eigenvalue weighted by Gasteiger charge is 2.55. The maximum absolute atomic E-state index is 14.7. The van der Waals surface area contributed by atoms with Gasteiger partial charge >= 0.3 is 5.97 Å². The number of nitrogens with one attached hydrogen (secondary N) is 1. The van der Waals surface area contributed by atoms with Crippen molar-refractivity contribution < 1.29 is 19.1 Å². The number of rotatable bonds is 6. The molecule has 35 heavy (non-hydrogen) atoms. The molecule has 0 radical (unpaired) electrons. The molecular weight excluding hydrogens is 469 g/mol. The monoisotopic (exact) mass is 495 g/mol. The second-order valence-electron chi connectivity index (χ2n) is 10.7. The van der Waals surface area contributed by atoms with Crippen LogP contribution in [0.1, 0.15) is 72.3 Å². The molecule has 0 saturated heterocycles. The van der Waals surface area contributed by atoms with Gasteiger partial charge in [-0.3, -0.25) is 14.3 Å². The molecule has 8 heteroatoms. The molecule has 2 N–H and O–H groups in total. The van der Waals surface area contributed by atoms with Crippen LogP contribution in [0.4, 0.5) is 4.39 Å². The number of carbonyl (C=O) groups is 2. The summed E-state index contributed by atoms with van der Waals surface area (Å²) in [5, 5.41) is 17.9. The van der Waals surface area contributed by atoms with Gasteiger partial charge in [0.25, 0.3) is 5.91 Å². The first-order chi connectivity index (χ1) is 16.8. The van der Waals surface area contributed by atoms with Crippen molar-refractivity contribution in [3.05, 3.63) is 64.1 Å². The van der Waals surface area contributed by atoms with Crippen LogP contribution in [0.5, 0.6) is 0 Å². The molecule has 3 aromatic rings. The number of amides is 1. The molecule has 3 aliphatic rings. The van der Waals surface area contributed by atoms with Gasteiger partial charge in [0.05, 0.1) is 34.8 Å². The fourth-order valence-corrected chi connectivity index (χ4v) is 6.41. The third-order valence-electron chi connectivity index (χ3n) is 8.34. The van der Waals surface area contributed by atoms with Gasteiger partial charge in [0.2, 0.25) is 0 Å². The molecule has 182 valence electrons. The number of carboxylic acids is 1. The van der Waals surface area contributed by atoms with E-state index in [9.17, 15) is 14.0 Å². The third kappa shape index (κ3) is 3.90. The number of hydrogen-bond acceptors (Lipinski definition) is 3. The molecule has 3 saturated carbocycles. The van der Waals surface area contributed by atoms with Gasteiger partial charge < -0.3 is 10.4 Å². The highest BCUT2D eigenvalue weighted by atomic mass is 35.5. The van der Waals surface area contributed by atoms with Crippen LogP contribution >= 0.6 is 11.6 Å². The maximum Gasteiger partial charge on any atom is 0.306 e. The molecule has 6 nitrogen and oxygen atoms in total. The maximum atomic E-state index is 14.7. The Hall–Kier alpha value is -2.93. The molecular formula is C27H27ClFN3O3. The molecule has 3 fully saturated rings. The van der Waals surface area contributed by atoms with Gasteiger partial charge in [0, 0.05) is 11.4 Å². The lowest BCUT2D eigenvalue weighted by Crippen LogP contribution is -2.57. The minimum absolute atomic E-state index is 0.0347. The first kappa shape index (κ1) is 22.5. The zero-order valence-corrected chi connectivity index (χ0v) is 20.0. The van der Waals surface area contributed by atoms with E-state index in [4.69, 9.17) is 16.7 Å². The van der Waals surface area contributed by atoms with Crippen molar-refractivity contribution in [2.75, 3.05) is 0 Å². The summed E-state index contributed by atoms with van der Waals surface area (Å²) in [6.07, 6.45) is 7.90. The standard InChI is InChI=1S/C27H27ClFN3O3/c28-22-7-6-20(25(33)31-18-11-27(12-18)9-17(10-27)26(34)35)24-21(22)13-30-32(24)14-15-4-5-19(23(29)8-15)16-2-1-3-16/h4-8,13,16-18H,1-3,9-12,14H2,(H,31,33)(H,34,35). The topological polar surface area (TPSA) is 84.2 Å². The fourth-order valence-electron chi connectivity index (χ4n) is 6.21. The second-order valence-corrected chi connectivity index (χ2v) is 11.1. The molecule has 6 rings (SSSR count). The Morgan fingerprint density at radius 1 is 1.17 bits per heavy atom. The van der Waals surface area contributed by atoms with Gasteiger partial charge in [-0.05, 0) is 79.2 Å². The number of nitrogens with zero attached hydrogens (tertiary/aromatic N) is 2. The van der Waals surface area contributed by atoms with Crippen LogP contribution in [0, 0.1) is 17.2 Å². The summed E-state index contributed by atoms with van der Waals surface area (Å²) in [4.78, 5) is 24.3. The molecule has 1 aromatic heterocycles. The van der Waals surface area contributed by atoms with E-state index < -0.39 is 5.97 Å². The minimum Gasteiger partial charge on any atom is -0.481 e. The smallest absolute Gasteiger partial charge is 0.306 e. The van der Waals surface area contributed by atoms with E-state index in [-0.39, 0.29) is 29.1 Å². The summed E-state index contributed by atoms with van der Waals surface area (Å²) >= 11 is 6.41. The second kappa shape index (κ2) is 8.33. The van der Waals surface area contributed by atoms with E-state index in [1.54, 1.807) is 29.1 Å². The lowest BCUT2D eigenvalue weighted by atomic mass is 9.50. The van der Waals surface area contributed by atoms with E-state index in [1.807, 2.05) is 12.1 Å². The van der Waals surface area contributed by atoms with Gasteiger partial charge in [-0.1, -0.05) is 30.2 Å². The largest absolute Gasteiger partial charge is 0.481 e. The highest BCUT2D eigenvalue weighted by Crippen LogP contribution is 2.58. The summed E-state index contributed by atoms with van der Waals surface area (Å²) in [5.74, 6) is -1.03. The van der Waals surface area contributed by atoms with E-state index in [1.165, 1.54) is 0 Å². The molecule has 0 unspecified atom stereocenters. The quantitative estimate of drug-likeness (QED) is 0.471. The number of carboxylic acid groups (broad SMARTS) is 1. The van der Waals surface area contributed by atoms with Crippen LogP contribution in [0.2, 0.25) is 5.02 Å². The lowest BCUT2D eigenvalue weighted by molar-refractivity contribution is -0.155. The van der Waals surface area contributed by atoms with Crippen molar-refractivity contribution >= 4 is 34.4 Å². The molecule has 0 aliphatic heterocycles. The Kier molecular flexibility index (Phi) is 5.36. The summed E-state index contributed by atoms with van der Waals surface area (Å²) in [6.45, 7) is 0.328. The van der Waals surface area contributed by atoms with Crippen LogP contribution in [-0.4, -0.2) is 32.8 Å². The number of hydrogen-bond donors (Lipinski definition) is 2. The van der Waals surface area contributed by atoms with E-state index in [0.717, 1.165) is 43.2 Å². The summed E-state index contributed by atoms with van der Waals surface area (Å²) in [6, 6.07) is 8.82. The summed E-state index contributed by atoms with van der Waals surface area (Å²) in [7, 11) is 0. The number of halogens is 2. The van der Waals surface area contributed by atoms with Crippen LogP contribution in [0.15, 0.2) is 36.5 Å². The number of benzene rings is 2. The zero-order valence-electron chi connectivity index (χ0n) is 19.3. The molecule has 0 bridgehead atoms. The molecule has 1 spiro atoms. The number of aliphatic carboxylic acids is 1. The zero-order chi connectivity index (χ0) is 24.3. The average molecular weight is 496 g/mol. The Balaban J connectivity index is 1.20. The van der Waals surface area contributed by atoms with Crippen molar-refractivity contribution in [3.63, 3.8) is 0 Å². The SMILES string of the molecule is O=C(NC1CC2(C1)CC(C(=O)O)C2)c1ccc(Cl)c2cnn(Cc3ccc(C4CCC4)c(F)c3)c12.